The van der Waals surface area contributed by atoms with Crippen molar-refractivity contribution in [2.45, 2.75) is 96.3 Å². The van der Waals surface area contributed by atoms with Crippen molar-refractivity contribution >= 4 is 11.8 Å². The Morgan fingerprint density at radius 1 is 0.974 bits per heavy atom. The molecule has 0 aromatic carbocycles. The maximum absolute atomic E-state index is 12.0. The van der Waals surface area contributed by atoms with Crippen LogP contribution in [0.15, 0.2) is 77.8 Å². The molecule has 7 heteroatoms. The molecular weight excluding hydrogens is 478 g/mol. The van der Waals surface area contributed by atoms with Gasteiger partial charge < -0.3 is 15.2 Å². The molecule has 1 fully saturated rings. The van der Waals surface area contributed by atoms with Crippen LogP contribution in [0.5, 0.6) is 0 Å². The van der Waals surface area contributed by atoms with Crippen LogP contribution in [0.4, 0.5) is 5.82 Å². The highest BCUT2D eigenvalue weighted by Gasteiger charge is 2.28. The third kappa shape index (κ3) is 13.9. The summed E-state index contributed by atoms with van der Waals surface area (Å²) < 4.78 is 12.7. The molecule has 2 N–H and O–H groups in total. The SMILES string of the molecule is CCC=CCC=CCC=CCC=CCC=CCCCCCC(=O)OCC1CCC(n2ccc(N)nc2=O)O1. The third-order valence-corrected chi connectivity index (χ3v) is 6.09. The molecule has 0 spiro atoms. The van der Waals surface area contributed by atoms with Gasteiger partial charge in [0.25, 0.3) is 0 Å². The van der Waals surface area contributed by atoms with Crippen LogP contribution < -0.4 is 11.4 Å². The fourth-order valence-electron chi connectivity index (χ4n) is 3.99. The van der Waals surface area contributed by atoms with Crippen LogP contribution in [0.2, 0.25) is 0 Å². The quantitative estimate of drug-likeness (QED) is 0.130. The Kier molecular flexibility index (Phi) is 16.2. The van der Waals surface area contributed by atoms with Crippen LogP contribution in [0.25, 0.3) is 0 Å². The molecule has 38 heavy (non-hydrogen) atoms. The Balaban J connectivity index is 1.42. The van der Waals surface area contributed by atoms with Gasteiger partial charge in [0.2, 0.25) is 0 Å². The van der Waals surface area contributed by atoms with E-state index >= 15 is 0 Å². The Bertz CT molecular complexity index is 1010. The summed E-state index contributed by atoms with van der Waals surface area (Å²) >= 11 is 0. The second-order valence-electron chi connectivity index (χ2n) is 9.32. The number of hydrogen-bond donors (Lipinski definition) is 1. The summed E-state index contributed by atoms with van der Waals surface area (Å²) in [5, 5.41) is 0. The number of nitrogen functional groups attached to an aromatic ring is 1. The number of carbonyl (C=O) groups is 1. The lowest BCUT2D eigenvalue weighted by Gasteiger charge is -2.15. The number of rotatable bonds is 18. The zero-order valence-electron chi connectivity index (χ0n) is 22.9. The number of anilines is 1. The van der Waals surface area contributed by atoms with Gasteiger partial charge in [0.1, 0.15) is 18.7 Å². The second-order valence-corrected chi connectivity index (χ2v) is 9.32. The second kappa shape index (κ2) is 19.9. The lowest BCUT2D eigenvalue weighted by atomic mass is 10.1. The van der Waals surface area contributed by atoms with Crippen molar-refractivity contribution in [2.75, 3.05) is 12.3 Å². The van der Waals surface area contributed by atoms with E-state index in [2.05, 4.69) is 72.7 Å². The third-order valence-electron chi connectivity index (χ3n) is 6.09. The van der Waals surface area contributed by atoms with Crippen LogP contribution in [0.1, 0.15) is 90.2 Å². The molecule has 1 aromatic rings. The van der Waals surface area contributed by atoms with E-state index in [1.807, 2.05) is 0 Å². The van der Waals surface area contributed by atoms with Crippen molar-refractivity contribution in [2.24, 2.45) is 0 Å². The first-order valence-corrected chi connectivity index (χ1v) is 14.0. The molecule has 0 amide bonds. The van der Waals surface area contributed by atoms with Crippen molar-refractivity contribution in [3.05, 3.63) is 83.5 Å². The first-order chi connectivity index (χ1) is 18.6. The van der Waals surface area contributed by atoms with Gasteiger partial charge in [-0.2, -0.15) is 4.98 Å². The van der Waals surface area contributed by atoms with Crippen LogP contribution in [0, 0.1) is 0 Å². The van der Waals surface area contributed by atoms with Crippen LogP contribution >= 0.6 is 0 Å². The molecule has 1 saturated heterocycles. The number of hydrogen-bond acceptors (Lipinski definition) is 6. The molecule has 0 radical (unpaired) electrons. The molecule has 1 aliphatic heterocycles. The average molecular weight is 524 g/mol. The Hall–Kier alpha value is -3.19. The normalized spacial score (nSPS) is 18.2. The van der Waals surface area contributed by atoms with Gasteiger partial charge in [0.15, 0.2) is 0 Å². The van der Waals surface area contributed by atoms with Crippen LogP contribution in [-0.4, -0.2) is 28.2 Å². The van der Waals surface area contributed by atoms with Crippen LogP contribution in [-0.2, 0) is 14.3 Å². The van der Waals surface area contributed by atoms with E-state index in [-0.39, 0.29) is 24.5 Å². The Morgan fingerprint density at radius 2 is 1.61 bits per heavy atom. The minimum absolute atomic E-state index is 0.188. The number of esters is 1. The van der Waals surface area contributed by atoms with Gasteiger partial charge in [-0.15, -0.1) is 0 Å². The summed E-state index contributed by atoms with van der Waals surface area (Å²) in [6, 6.07) is 1.57. The topological polar surface area (TPSA) is 96.4 Å². The minimum Gasteiger partial charge on any atom is -0.463 e. The fraction of sp³-hybridized carbons (Fsp3) is 0.516. The summed E-state index contributed by atoms with van der Waals surface area (Å²) in [4.78, 5) is 27.7. The number of nitrogens with zero attached hydrogens (tertiary/aromatic N) is 2. The number of nitrogens with two attached hydrogens (primary N) is 1. The smallest absolute Gasteiger partial charge is 0.351 e. The van der Waals surface area contributed by atoms with Gasteiger partial charge in [0.05, 0.1) is 6.10 Å². The zero-order chi connectivity index (χ0) is 27.3. The van der Waals surface area contributed by atoms with E-state index in [1.165, 1.54) is 4.57 Å². The molecule has 2 heterocycles. The van der Waals surface area contributed by atoms with Gasteiger partial charge in [-0.3, -0.25) is 9.36 Å². The fourth-order valence-corrected chi connectivity index (χ4v) is 3.99. The molecule has 2 rings (SSSR count). The van der Waals surface area contributed by atoms with Crippen molar-refractivity contribution < 1.29 is 14.3 Å². The van der Waals surface area contributed by atoms with Gasteiger partial charge in [0, 0.05) is 12.6 Å². The van der Waals surface area contributed by atoms with Crippen molar-refractivity contribution in [3.63, 3.8) is 0 Å². The Morgan fingerprint density at radius 3 is 2.24 bits per heavy atom. The van der Waals surface area contributed by atoms with Crippen molar-refractivity contribution in [1.29, 1.82) is 0 Å². The van der Waals surface area contributed by atoms with E-state index in [0.29, 0.717) is 12.8 Å². The standard InChI is InChI=1S/C31H45N3O4/c1-2-3-4-5-6-7-8-9-10-11-12-13-14-15-16-17-18-19-20-21-30(35)37-26-27-22-23-29(38-27)34-25-24-28(32)33-31(34)36/h3-4,6-7,9-10,12-13,15-16,24-25,27,29H,2,5,8,11,14,17-23,26H2,1H3,(H2,32,33,36). The molecule has 7 nitrogen and oxygen atoms in total. The molecular formula is C31H45N3O4. The van der Waals surface area contributed by atoms with Crippen molar-refractivity contribution in [3.8, 4) is 0 Å². The highest BCUT2D eigenvalue weighted by Crippen LogP contribution is 2.27. The zero-order valence-corrected chi connectivity index (χ0v) is 22.9. The molecule has 1 aromatic heterocycles. The predicted octanol–water partition coefficient (Wildman–Crippen LogP) is 6.75. The highest BCUT2D eigenvalue weighted by molar-refractivity contribution is 5.69. The first kappa shape index (κ1) is 31.0. The molecule has 2 atom stereocenters. The maximum atomic E-state index is 12.0. The van der Waals surface area contributed by atoms with Gasteiger partial charge in [-0.05, 0) is 70.3 Å². The molecule has 0 aliphatic carbocycles. The first-order valence-electron chi connectivity index (χ1n) is 14.0. The number of carbonyl (C=O) groups excluding carboxylic acids is 1. The number of unbranched alkanes of at least 4 members (excludes halogenated alkanes) is 3. The summed E-state index contributed by atoms with van der Waals surface area (Å²) in [7, 11) is 0. The largest absolute Gasteiger partial charge is 0.463 e. The molecule has 0 bridgehead atoms. The van der Waals surface area contributed by atoms with E-state index < -0.39 is 11.9 Å². The Labute approximate surface area is 227 Å². The summed E-state index contributed by atoms with van der Waals surface area (Å²) in [6.45, 7) is 2.36. The number of allylic oxidation sites excluding steroid dienone is 10. The summed E-state index contributed by atoms with van der Waals surface area (Å²) in [5.41, 5.74) is 5.09. The van der Waals surface area contributed by atoms with Crippen LogP contribution in [0.3, 0.4) is 0 Å². The predicted molar refractivity (Wildman–Crippen MR) is 155 cm³/mol. The lowest BCUT2D eigenvalue weighted by molar-refractivity contribution is -0.148. The molecule has 2 unspecified atom stereocenters. The maximum Gasteiger partial charge on any atom is 0.351 e. The van der Waals surface area contributed by atoms with Gasteiger partial charge in [-0.25, -0.2) is 4.79 Å². The van der Waals surface area contributed by atoms with E-state index in [4.69, 9.17) is 15.2 Å². The van der Waals surface area contributed by atoms with E-state index in [1.54, 1.807) is 12.3 Å². The van der Waals surface area contributed by atoms with E-state index in [9.17, 15) is 9.59 Å². The van der Waals surface area contributed by atoms with Gasteiger partial charge in [-0.1, -0.05) is 74.1 Å². The minimum atomic E-state index is -0.433. The summed E-state index contributed by atoms with van der Waals surface area (Å²) in [5.74, 6) is -0.00849. The highest BCUT2D eigenvalue weighted by atomic mass is 16.6. The molecule has 0 saturated carbocycles. The van der Waals surface area contributed by atoms with E-state index in [0.717, 1.165) is 64.2 Å². The number of ether oxygens (including phenoxy) is 2. The molecule has 1 aliphatic rings. The number of aromatic nitrogens is 2. The van der Waals surface area contributed by atoms with Crippen molar-refractivity contribution in [1.82, 2.24) is 9.55 Å². The lowest BCUT2D eigenvalue weighted by Crippen LogP contribution is -2.28. The molecule has 208 valence electrons. The monoisotopic (exact) mass is 523 g/mol. The van der Waals surface area contributed by atoms with Gasteiger partial charge >= 0.3 is 11.7 Å². The summed E-state index contributed by atoms with van der Waals surface area (Å²) in [6.07, 6.45) is 33.8. The average Bonchev–Trinajstić information content (AvgIpc) is 3.37.